The highest BCUT2D eigenvalue weighted by Gasteiger charge is 2.43. The monoisotopic (exact) mass is 336 g/mol. The minimum absolute atomic E-state index is 0.108. The van der Waals surface area contributed by atoms with Crippen LogP contribution in [0.3, 0.4) is 0 Å². The summed E-state index contributed by atoms with van der Waals surface area (Å²) in [7, 11) is 0. The lowest BCUT2D eigenvalue weighted by Gasteiger charge is -2.43. The summed E-state index contributed by atoms with van der Waals surface area (Å²) < 4.78 is 6.20. The number of nitrogens with zero attached hydrogens (tertiary/aromatic N) is 1. The Morgan fingerprint density at radius 2 is 1.68 bits per heavy atom. The predicted octanol–water partition coefficient (Wildman–Crippen LogP) is 3.72. The first-order valence-corrected chi connectivity index (χ1v) is 8.57. The lowest BCUT2D eigenvalue weighted by molar-refractivity contribution is 0.000391. The number of carbonyl (C=O) groups is 2. The highest BCUT2D eigenvalue weighted by molar-refractivity contribution is 6.00. The van der Waals surface area contributed by atoms with Crippen molar-refractivity contribution in [2.24, 2.45) is 0 Å². The van der Waals surface area contributed by atoms with Crippen LogP contribution in [0.4, 0.5) is 10.5 Å². The van der Waals surface area contributed by atoms with Crippen molar-refractivity contribution in [3.05, 3.63) is 60.2 Å². The van der Waals surface area contributed by atoms with E-state index in [0.29, 0.717) is 43.7 Å². The number of rotatable bonds is 1. The Morgan fingerprint density at radius 3 is 2.44 bits per heavy atom. The van der Waals surface area contributed by atoms with Crippen LogP contribution in [0.5, 0.6) is 5.75 Å². The molecule has 0 unspecified atom stereocenters. The Morgan fingerprint density at radius 1 is 1.00 bits per heavy atom. The topological polar surface area (TPSA) is 58.6 Å². The summed E-state index contributed by atoms with van der Waals surface area (Å²) in [5.74, 6) is 0.796. The average Bonchev–Trinajstić information content (AvgIpc) is 2.63. The maximum absolute atomic E-state index is 12.4. The molecule has 1 saturated heterocycles. The molecule has 1 N–H and O–H groups in total. The van der Waals surface area contributed by atoms with Gasteiger partial charge in [0.15, 0.2) is 5.78 Å². The number of benzene rings is 2. The number of para-hydroxylation sites is 2. The number of nitrogens with one attached hydrogen (secondary N) is 1. The van der Waals surface area contributed by atoms with Gasteiger partial charge in [-0.15, -0.1) is 0 Å². The van der Waals surface area contributed by atoms with E-state index in [4.69, 9.17) is 4.74 Å². The molecule has 1 fully saturated rings. The summed E-state index contributed by atoms with van der Waals surface area (Å²) in [4.78, 5) is 26.6. The number of amides is 2. The van der Waals surface area contributed by atoms with Crippen molar-refractivity contribution in [3.8, 4) is 5.75 Å². The number of ether oxygens (including phenoxy) is 1. The smallest absolute Gasteiger partial charge is 0.321 e. The van der Waals surface area contributed by atoms with Gasteiger partial charge in [-0.05, 0) is 24.3 Å². The molecule has 2 aliphatic rings. The van der Waals surface area contributed by atoms with Crippen molar-refractivity contribution >= 4 is 17.5 Å². The van der Waals surface area contributed by atoms with E-state index in [9.17, 15) is 9.59 Å². The van der Waals surface area contributed by atoms with Crippen molar-refractivity contribution in [1.82, 2.24) is 4.90 Å². The maximum atomic E-state index is 12.4. The molecule has 25 heavy (non-hydrogen) atoms. The van der Waals surface area contributed by atoms with Gasteiger partial charge < -0.3 is 15.0 Å². The number of urea groups is 1. The summed E-state index contributed by atoms with van der Waals surface area (Å²) in [6.07, 6.45) is 1.71. The van der Waals surface area contributed by atoms with Gasteiger partial charge in [0.05, 0.1) is 12.0 Å². The fourth-order valence-corrected chi connectivity index (χ4v) is 3.56. The zero-order valence-electron chi connectivity index (χ0n) is 13.9. The Kier molecular flexibility index (Phi) is 3.92. The lowest BCUT2D eigenvalue weighted by atomic mass is 9.82. The largest absolute Gasteiger partial charge is 0.486 e. The van der Waals surface area contributed by atoms with Crippen LogP contribution in [-0.2, 0) is 0 Å². The third kappa shape index (κ3) is 3.09. The van der Waals surface area contributed by atoms with Crippen molar-refractivity contribution in [2.75, 3.05) is 18.4 Å². The number of hydrogen-bond donors (Lipinski definition) is 1. The molecule has 2 amide bonds. The molecular weight excluding hydrogens is 316 g/mol. The molecule has 0 aliphatic carbocycles. The predicted molar refractivity (Wildman–Crippen MR) is 95.0 cm³/mol. The first-order chi connectivity index (χ1) is 12.2. The number of anilines is 1. The third-order valence-corrected chi connectivity index (χ3v) is 4.98. The Balaban J connectivity index is 1.42. The van der Waals surface area contributed by atoms with Gasteiger partial charge in [0, 0.05) is 31.6 Å². The number of Topliss-reactive ketones (excluding diaryl/α,β-unsaturated/α-hetero) is 1. The van der Waals surface area contributed by atoms with Crippen LogP contribution in [-0.4, -0.2) is 35.4 Å². The van der Waals surface area contributed by atoms with E-state index >= 15 is 0 Å². The summed E-state index contributed by atoms with van der Waals surface area (Å²) in [6.45, 7) is 1.15. The van der Waals surface area contributed by atoms with Gasteiger partial charge in [-0.1, -0.05) is 30.3 Å². The minimum Gasteiger partial charge on any atom is -0.486 e. The molecule has 0 radical (unpaired) electrons. The van der Waals surface area contributed by atoms with E-state index in [-0.39, 0.29) is 11.8 Å². The number of piperidine rings is 1. The molecule has 2 heterocycles. The second-order valence-electron chi connectivity index (χ2n) is 6.66. The molecular formula is C20H20N2O3. The van der Waals surface area contributed by atoms with E-state index in [1.807, 2.05) is 54.6 Å². The normalized spacial score (nSPS) is 18.4. The number of fused-ring (bicyclic) bond motifs is 1. The third-order valence-electron chi connectivity index (χ3n) is 4.98. The Bertz CT molecular complexity index is 796. The van der Waals surface area contributed by atoms with Gasteiger partial charge >= 0.3 is 6.03 Å². The molecule has 0 atom stereocenters. The van der Waals surface area contributed by atoms with Crippen molar-refractivity contribution in [2.45, 2.75) is 24.9 Å². The molecule has 5 nitrogen and oxygen atoms in total. The quantitative estimate of drug-likeness (QED) is 0.863. The minimum atomic E-state index is -0.477. The summed E-state index contributed by atoms with van der Waals surface area (Å²) in [5, 5.41) is 2.91. The van der Waals surface area contributed by atoms with Gasteiger partial charge in [0.2, 0.25) is 0 Å². The SMILES string of the molecule is O=C1CC2(CCN(C(=O)Nc3ccccc3)CC2)Oc2ccccc21. The maximum Gasteiger partial charge on any atom is 0.321 e. The van der Waals surface area contributed by atoms with Crippen LogP contribution in [0.2, 0.25) is 0 Å². The van der Waals surface area contributed by atoms with Crippen LogP contribution >= 0.6 is 0 Å². The molecule has 2 aliphatic heterocycles. The Labute approximate surface area is 146 Å². The zero-order chi connectivity index (χ0) is 17.3. The highest BCUT2D eigenvalue weighted by Crippen LogP contribution is 2.39. The average molecular weight is 336 g/mol. The number of likely N-dealkylation sites (tertiary alicyclic amines) is 1. The first kappa shape index (κ1) is 15.7. The fourth-order valence-electron chi connectivity index (χ4n) is 3.56. The van der Waals surface area contributed by atoms with Gasteiger partial charge in [-0.2, -0.15) is 0 Å². The van der Waals surface area contributed by atoms with Crippen LogP contribution in [0.15, 0.2) is 54.6 Å². The highest BCUT2D eigenvalue weighted by atomic mass is 16.5. The molecule has 2 aromatic carbocycles. The second-order valence-corrected chi connectivity index (χ2v) is 6.66. The van der Waals surface area contributed by atoms with Crippen molar-refractivity contribution in [1.29, 1.82) is 0 Å². The van der Waals surface area contributed by atoms with Crippen molar-refractivity contribution < 1.29 is 14.3 Å². The number of hydrogen-bond acceptors (Lipinski definition) is 3. The second kappa shape index (κ2) is 6.24. The van der Waals surface area contributed by atoms with Gasteiger partial charge in [0.25, 0.3) is 0 Å². The standard InChI is InChI=1S/C20H20N2O3/c23-17-14-20(25-18-9-5-4-8-16(17)18)10-12-22(13-11-20)19(24)21-15-6-2-1-3-7-15/h1-9H,10-14H2,(H,21,24). The summed E-state index contributed by atoms with van der Waals surface area (Å²) in [6, 6.07) is 16.7. The van der Waals surface area contributed by atoms with Crippen LogP contribution < -0.4 is 10.1 Å². The van der Waals surface area contributed by atoms with E-state index in [1.165, 1.54) is 0 Å². The van der Waals surface area contributed by atoms with Gasteiger partial charge in [0.1, 0.15) is 11.4 Å². The van der Waals surface area contributed by atoms with Crippen LogP contribution in [0.1, 0.15) is 29.6 Å². The van der Waals surface area contributed by atoms with E-state index in [2.05, 4.69) is 5.32 Å². The fraction of sp³-hybridized carbons (Fsp3) is 0.300. The van der Waals surface area contributed by atoms with Crippen LogP contribution in [0, 0.1) is 0 Å². The number of ketones is 1. The first-order valence-electron chi connectivity index (χ1n) is 8.57. The van der Waals surface area contributed by atoms with E-state index in [1.54, 1.807) is 4.90 Å². The molecule has 1 spiro atoms. The molecule has 2 aromatic rings. The number of carbonyl (C=O) groups excluding carboxylic acids is 2. The van der Waals surface area contributed by atoms with E-state index < -0.39 is 5.60 Å². The summed E-state index contributed by atoms with van der Waals surface area (Å²) >= 11 is 0. The van der Waals surface area contributed by atoms with E-state index in [0.717, 1.165) is 5.69 Å². The van der Waals surface area contributed by atoms with Gasteiger partial charge in [-0.25, -0.2) is 4.79 Å². The molecule has 0 aromatic heterocycles. The van der Waals surface area contributed by atoms with Crippen LogP contribution in [0.25, 0.3) is 0 Å². The molecule has 4 rings (SSSR count). The molecule has 128 valence electrons. The lowest BCUT2D eigenvalue weighted by Crippen LogP contribution is -2.53. The van der Waals surface area contributed by atoms with Crippen molar-refractivity contribution in [3.63, 3.8) is 0 Å². The zero-order valence-corrected chi connectivity index (χ0v) is 13.9. The molecule has 0 saturated carbocycles. The molecule has 5 heteroatoms. The summed E-state index contributed by atoms with van der Waals surface area (Å²) in [5.41, 5.74) is 0.970. The van der Waals surface area contributed by atoms with Gasteiger partial charge in [-0.3, -0.25) is 4.79 Å². The Hall–Kier alpha value is -2.82. The molecule has 0 bridgehead atoms.